The van der Waals surface area contributed by atoms with Crippen LogP contribution in [0.25, 0.3) is 0 Å². The molecule has 0 aliphatic heterocycles. The lowest BCUT2D eigenvalue weighted by Gasteiger charge is -2.24. The highest BCUT2D eigenvalue weighted by Gasteiger charge is 2.05. The van der Waals surface area contributed by atoms with Crippen LogP contribution in [0.5, 0.6) is 0 Å². The summed E-state index contributed by atoms with van der Waals surface area (Å²) in [6, 6.07) is 0. The molecule has 0 aromatic carbocycles. The maximum atomic E-state index is 4.18. The van der Waals surface area contributed by atoms with E-state index in [1.165, 1.54) is 12.8 Å². The van der Waals surface area contributed by atoms with Crippen LogP contribution in [0.2, 0.25) is 0 Å². The average molecular weight is 171 g/mol. The third kappa shape index (κ3) is 3.60. The SMILES string of the molecule is CCCN(CCC)C(=NC)NC. The molecular formula is C9H21N3. The van der Waals surface area contributed by atoms with E-state index in [1.54, 1.807) is 0 Å². The van der Waals surface area contributed by atoms with E-state index in [9.17, 15) is 0 Å². The van der Waals surface area contributed by atoms with Crippen LogP contribution < -0.4 is 5.32 Å². The molecule has 0 rings (SSSR count). The Bertz CT molecular complexity index is 126. The lowest BCUT2D eigenvalue weighted by atomic mass is 10.4. The topological polar surface area (TPSA) is 27.6 Å². The van der Waals surface area contributed by atoms with Crippen LogP contribution in [0.4, 0.5) is 0 Å². The summed E-state index contributed by atoms with van der Waals surface area (Å²) in [5.74, 6) is 0.999. The zero-order valence-corrected chi connectivity index (χ0v) is 8.72. The van der Waals surface area contributed by atoms with Gasteiger partial charge in [-0.3, -0.25) is 4.99 Å². The smallest absolute Gasteiger partial charge is 0.193 e. The second-order valence-electron chi connectivity index (χ2n) is 2.78. The molecule has 0 aliphatic rings. The highest BCUT2D eigenvalue weighted by atomic mass is 15.3. The summed E-state index contributed by atoms with van der Waals surface area (Å²) in [6.45, 7) is 6.54. The van der Waals surface area contributed by atoms with Crippen molar-refractivity contribution in [1.29, 1.82) is 0 Å². The third-order valence-electron chi connectivity index (χ3n) is 1.72. The molecule has 3 nitrogen and oxygen atoms in total. The summed E-state index contributed by atoms with van der Waals surface area (Å²) in [5, 5.41) is 3.10. The first-order valence-electron chi connectivity index (χ1n) is 4.69. The molecule has 12 heavy (non-hydrogen) atoms. The van der Waals surface area contributed by atoms with Crippen molar-refractivity contribution in [3.8, 4) is 0 Å². The van der Waals surface area contributed by atoms with Crippen LogP contribution in [-0.4, -0.2) is 38.0 Å². The molecule has 0 saturated carbocycles. The van der Waals surface area contributed by atoms with Gasteiger partial charge in [-0.15, -0.1) is 0 Å². The van der Waals surface area contributed by atoms with Crippen molar-refractivity contribution >= 4 is 5.96 Å². The second-order valence-corrected chi connectivity index (χ2v) is 2.78. The van der Waals surface area contributed by atoms with Crippen LogP contribution >= 0.6 is 0 Å². The molecule has 0 unspecified atom stereocenters. The number of hydrogen-bond donors (Lipinski definition) is 1. The summed E-state index contributed by atoms with van der Waals surface area (Å²) < 4.78 is 0. The van der Waals surface area contributed by atoms with Crippen LogP contribution in [0.1, 0.15) is 26.7 Å². The largest absolute Gasteiger partial charge is 0.359 e. The van der Waals surface area contributed by atoms with E-state index in [1.807, 2.05) is 14.1 Å². The Hall–Kier alpha value is -0.730. The van der Waals surface area contributed by atoms with Crippen molar-refractivity contribution in [1.82, 2.24) is 10.2 Å². The van der Waals surface area contributed by atoms with Crippen molar-refractivity contribution in [3.63, 3.8) is 0 Å². The number of hydrogen-bond acceptors (Lipinski definition) is 1. The molecule has 72 valence electrons. The number of nitrogens with one attached hydrogen (secondary N) is 1. The number of guanidine groups is 1. The van der Waals surface area contributed by atoms with E-state index in [-0.39, 0.29) is 0 Å². The first kappa shape index (κ1) is 11.3. The highest BCUT2D eigenvalue weighted by molar-refractivity contribution is 5.79. The van der Waals surface area contributed by atoms with Gasteiger partial charge in [-0.1, -0.05) is 13.8 Å². The molecule has 0 atom stereocenters. The summed E-state index contributed by atoms with van der Waals surface area (Å²) in [4.78, 5) is 6.45. The Kier molecular flexibility index (Phi) is 6.53. The zero-order chi connectivity index (χ0) is 9.40. The molecule has 0 fully saturated rings. The van der Waals surface area contributed by atoms with E-state index >= 15 is 0 Å². The molecule has 0 aromatic heterocycles. The summed E-state index contributed by atoms with van der Waals surface area (Å²) in [6.07, 6.45) is 2.33. The van der Waals surface area contributed by atoms with Crippen molar-refractivity contribution in [2.45, 2.75) is 26.7 Å². The van der Waals surface area contributed by atoms with Gasteiger partial charge in [0.15, 0.2) is 5.96 Å². The van der Waals surface area contributed by atoms with E-state index < -0.39 is 0 Å². The van der Waals surface area contributed by atoms with Crippen LogP contribution in [0.15, 0.2) is 4.99 Å². The maximum Gasteiger partial charge on any atom is 0.193 e. The summed E-state index contributed by atoms with van der Waals surface area (Å²) in [5.41, 5.74) is 0. The lowest BCUT2D eigenvalue weighted by molar-refractivity contribution is 0.404. The van der Waals surface area contributed by atoms with Gasteiger partial charge in [0.05, 0.1) is 0 Å². The molecule has 3 heteroatoms. The Labute approximate surface area is 75.9 Å². The molecule has 1 N–H and O–H groups in total. The van der Waals surface area contributed by atoms with Gasteiger partial charge in [0.2, 0.25) is 0 Å². The van der Waals surface area contributed by atoms with Crippen LogP contribution in [0.3, 0.4) is 0 Å². The Balaban J connectivity index is 4.06. The van der Waals surface area contributed by atoms with Crippen molar-refractivity contribution in [2.75, 3.05) is 27.2 Å². The first-order chi connectivity index (χ1) is 5.79. The second kappa shape index (κ2) is 6.95. The molecule has 0 spiro atoms. The molecule has 0 aliphatic carbocycles. The highest BCUT2D eigenvalue weighted by Crippen LogP contribution is 1.94. The minimum Gasteiger partial charge on any atom is -0.359 e. The molecule has 0 heterocycles. The van der Waals surface area contributed by atoms with Crippen molar-refractivity contribution < 1.29 is 0 Å². The minimum atomic E-state index is 0.999. The van der Waals surface area contributed by atoms with E-state index in [4.69, 9.17) is 0 Å². The molecule has 0 aromatic rings. The molecule has 0 bridgehead atoms. The Morgan fingerprint density at radius 1 is 1.25 bits per heavy atom. The van der Waals surface area contributed by atoms with Gasteiger partial charge in [0, 0.05) is 27.2 Å². The fourth-order valence-electron chi connectivity index (χ4n) is 1.27. The van der Waals surface area contributed by atoms with Crippen molar-refractivity contribution in [3.05, 3.63) is 0 Å². The van der Waals surface area contributed by atoms with E-state index in [0.29, 0.717) is 0 Å². The monoisotopic (exact) mass is 171 g/mol. The van der Waals surface area contributed by atoms with Crippen LogP contribution in [0, 0.1) is 0 Å². The molecule has 0 saturated heterocycles. The van der Waals surface area contributed by atoms with E-state index in [0.717, 1.165) is 19.0 Å². The first-order valence-corrected chi connectivity index (χ1v) is 4.69. The Morgan fingerprint density at radius 2 is 1.75 bits per heavy atom. The number of nitrogens with zero attached hydrogens (tertiary/aromatic N) is 2. The standard InChI is InChI=1S/C9H21N3/c1-5-7-12(8-6-2)9(10-3)11-4/h5-8H2,1-4H3,(H,10,11). The normalized spacial score (nSPS) is 11.5. The molecule has 0 radical (unpaired) electrons. The fourth-order valence-corrected chi connectivity index (χ4v) is 1.27. The zero-order valence-electron chi connectivity index (χ0n) is 8.72. The third-order valence-corrected chi connectivity index (χ3v) is 1.72. The predicted octanol–water partition coefficient (Wildman–Crippen LogP) is 1.31. The summed E-state index contributed by atoms with van der Waals surface area (Å²) in [7, 11) is 3.74. The van der Waals surface area contributed by atoms with Gasteiger partial charge < -0.3 is 10.2 Å². The van der Waals surface area contributed by atoms with Gasteiger partial charge in [-0.05, 0) is 12.8 Å². The van der Waals surface area contributed by atoms with Gasteiger partial charge in [-0.2, -0.15) is 0 Å². The van der Waals surface area contributed by atoms with Gasteiger partial charge in [-0.25, -0.2) is 0 Å². The van der Waals surface area contributed by atoms with Gasteiger partial charge in [0.25, 0.3) is 0 Å². The predicted molar refractivity (Wildman–Crippen MR) is 54.6 cm³/mol. The minimum absolute atomic E-state index is 0.999. The van der Waals surface area contributed by atoms with E-state index in [2.05, 4.69) is 29.1 Å². The maximum absolute atomic E-state index is 4.18. The number of rotatable bonds is 4. The summed E-state index contributed by atoms with van der Waals surface area (Å²) >= 11 is 0. The lowest BCUT2D eigenvalue weighted by Crippen LogP contribution is -2.40. The Morgan fingerprint density at radius 3 is 2.00 bits per heavy atom. The van der Waals surface area contributed by atoms with Gasteiger partial charge >= 0.3 is 0 Å². The van der Waals surface area contributed by atoms with Crippen LogP contribution in [-0.2, 0) is 0 Å². The van der Waals surface area contributed by atoms with Crippen molar-refractivity contribution in [2.24, 2.45) is 4.99 Å². The molecule has 0 amide bonds. The van der Waals surface area contributed by atoms with Gasteiger partial charge in [0.1, 0.15) is 0 Å². The average Bonchev–Trinajstić information content (AvgIpc) is 2.07. The quantitative estimate of drug-likeness (QED) is 0.510. The number of aliphatic imine (C=N–C) groups is 1. The fraction of sp³-hybridized carbons (Fsp3) is 0.889. The molecular weight excluding hydrogens is 150 g/mol.